The number of nitrogens with one attached hydrogen (secondary N) is 1. The van der Waals surface area contributed by atoms with Gasteiger partial charge < -0.3 is 14.7 Å². The van der Waals surface area contributed by atoms with Crippen LogP contribution in [0.1, 0.15) is 38.7 Å². The molecule has 0 aliphatic carbocycles. The summed E-state index contributed by atoms with van der Waals surface area (Å²) in [4.78, 5) is 39.0. The van der Waals surface area contributed by atoms with Crippen LogP contribution < -0.4 is 5.32 Å². The Kier molecular flexibility index (Phi) is 7.77. The van der Waals surface area contributed by atoms with Crippen molar-refractivity contribution in [2.75, 3.05) is 12.4 Å². The SMILES string of the molecule is CCOC(=O)C(CCc1ccccc1)N[C@@H](C)C(=O)N1C(C(=O)O)CC2SCCC21. The van der Waals surface area contributed by atoms with Gasteiger partial charge in [0.2, 0.25) is 5.91 Å². The average Bonchev–Trinajstić information content (AvgIpc) is 3.32. The highest BCUT2D eigenvalue weighted by Crippen LogP contribution is 2.41. The molecular weight excluding hydrogens is 404 g/mol. The number of fused-ring (bicyclic) bond motifs is 1. The normalized spacial score (nSPS) is 24.9. The first-order valence-electron chi connectivity index (χ1n) is 10.6. The van der Waals surface area contributed by atoms with Crippen molar-refractivity contribution in [2.45, 2.75) is 68.9 Å². The lowest BCUT2D eigenvalue weighted by atomic mass is 10.0. The fourth-order valence-corrected chi connectivity index (χ4v) is 5.83. The van der Waals surface area contributed by atoms with Crippen LogP contribution in [-0.2, 0) is 25.5 Å². The zero-order valence-corrected chi connectivity index (χ0v) is 18.3. The lowest BCUT2D eigenvalue weighted by Gasteiger charge is -2.31. The summed E-state index contributed by atoms with van der Waals surface area (Å²) >= 11 is 1.75. The number of nitrogens with zero attached hydrogens (tertiary/aromatic N) is 1. The van der Waals surface area contributed by atoms with E-state index < -0.39 is 30.1 Å². The number of carboxylic acids is 1. The minimum absolute atomic E-state index is 0.0433. The Morgan fingerprint density at radius 3 is 2.70 bits per heavy atom. The van der Waals surface area contributed by atoms with Crippen molar-refractivity contribution in [3.05, 3.63) is 35.9 Å². The molecule has 2 aliphatic rings. The quantitative estimate of drug-likeness (QED) is 0.575. The Hall–Kier alpha value is -2.06. The number of hydrogen-bond acceptors (Lipinski definition) is 6. The van der Waals surface area contributed by atoms with E-state index in [4.69, 9.17) is 4.74 Å². The van der Waals surface area contributed by atoms with Crippen LogP contribution >= 0.6 is 11.8 Å². The number of likely N-dealkylation sites (tertiary alicyclic amines) is 1. The fourth-order valence-electron chi connectivity index (χ4n) is 4.35. The molecule has 2 saturated heterocycles. The minimum Gasteiger partial charge on any atom is -0.480 e. The van der Waals surface area contributed by atoms with Gasteiger partial charge in [-0.3, -0.25) is 14.9 Å². The van der Waals surface area contributed by atoms with Crippen molar-refractivity contribution < 1.29 is 24.2 Å². The topological polar surface area (TPSA) is 95.9 Å². The van der Waals surface area contributed by atoms with E-state index in [1.54, 1.807) is 30.5 Å². The number of amides is 1. The van der Waals surface area contributed by atoms with Crippen molar-refractivity contribution >= 4 is 29.6 Å². The maximum Gasteiger partial charge on any atom is 0.326 e. The largest absolute Gasteiger partial charge is 0.480 e. The number of thioether (sulfide) groups is 1. The van der Waals surface area contributed by atoms with E-state index in [9.17, 15) is 19.5 Å². The molecule has 0 bridgehead atoms. The molecule has 2 N–H and O–H groups in total. The third-order valence-corrected chi connectivity index (χ3v) is 7.23. The summed E-state index contributed by atoms with van der Waals surface area (Å²) in [6, 6.07) is 7.67. The van der Waals surface area contributed by atoms with Crippen LogP contribution in [0.2, 0.25) is 0 Å². The molecule has 4 unspecified atom stereocenters. The van der Waals surface area contributed by atoms with E-state index in [0.717, 1.165) is 17.7 Å². The number of esters is 1. The number of carbonyl (C=O) groups excluding carboxylic acids is 2. The number of aryl methyl sites for hydroxylation is 1. The number of carbonyl (C=O) groups is 3. The van der Waals surface area contributed by atoms with Gasteiger partial charge in [0.25, 0.3) is 0 Å². The first-order chi connectivity index (χ1) is 14.4. The van der Waals surface area contributed by atoms with Crippen LogP contribution in [0.25, 0.3) is 0 Å². The summed E-state index contributed by atoms with van der Waals surface area (Å²) < 4.78 is 5.20. The molecule has 8 heteroatoms. The van der Waals surface area contributed by atoms with Crippen molar-refractivity contribution in [1.82, 2.24) is 10.2 Å². The van der Waals surface area contributed by atoms with Gasteiger partial charge in [0, 0.05) is 11.3 Å². The molecule has 0 aromatic heterocycles. The number of carboxylic acid groups (broad SMARTS) is 1. The Morgan fingerprint density at radius 2 is 2.03 bits per heavy atom. The molecule has 2 heterocycles. The van der Waals surface area contributed by atoms with E-state index in [1.165, 1.54) is 0 Å². The van der Waals surface area contributed by atoms with Crippen molar-refractivity contribution in [1.29, 1.82) is 0 Å². The van der Waals surface area contributed by atoms with Gasteiger partial charge in [-0.05, 0) is 50.8 Å². The molecule has 2 fully saturated rings. The van der Waals surface area contributed by atoms with Gasteiger partial charge in [-0.2, -0.15) is 11.8 Å². The summed E-state index contributed by atoms with van der Waals surface area (Å²) in [6.45, 7) is 3.71. The second kappa shape index (κ2) is 10.3. The number of aliphatic carboxylic acids is 1. The second-order valence-electron chi connectivity index (χ2n) is 7.82. The zero-order valence-electron chi connectivity index (χ0n) is 17.5. The second-order valence-corrected chi connectivity index (χ2v) is 9.16. The number of benzene rings is 1. The van der Waals surface area contributed by atoms with Crippen LogP contribution in [-0.4, -0.2) is 69.6 Å². The highest BCUT2D eigenvalue weighted by Gasteiger charge is 2.50. The zero-order chi connectivity index (χ0) is 21.7. The average molecular weight is 435 g/mol. The van der Waals surface area contributed by atoms with Gasteiger partial charge in [-0.1, -0.05) is 30.3 Å². The minimum atomic E-state index is -0.962. The summed E-state index contributed by atoms with van der Waals surface area (Å²) in [5.41, 5.74) is 1.10. The molecule has 0 radical (unpaired) electrons. The predicted molar refractivity (Wildman–Crippen MR) is 115 cm³/mol. The first-order valence-corrected chi connectivity index (χ1v) is 11.6. The summed E-state index contributed by atoms with van der Waals surface area (Å²) in [6.07, 6.45) is 2.46. The van der Waals surface area contributed by atoms with E-state index in [0.29, 0.717) is 19.3 Å². The van der Waals surface area contributed by atoms with Gasteiger partial charge in [-0.25, -0.2) is 4.79 Å². The molecule has 1 aromatic rings. The standard InChI is InChI=1S/C22H30N2O5S/c1-3-29-22(28)16(10-9-15-7-5-4-6-8-15)23-14(2)20(25)24-17-11-12-30-19(17)13-18(24)21(26)27/h4-8,14,16-19,23H,3,9-13H2,1-2H3,(H,26,27)/t14-,16?,17?,18?,19?/m0/s1. The Labute approximate surface area is 181 Å². The summed E-state index contributed by atoms with van der Waals surface area (Å²) in [5.74, 6) is -0.669. The molecule has 2 aliphatic heterocycles. The smallest absolute Gasteiger partial charge is 0.326 e. The van der Waals surface area contributed by atoms with E-state index in [-0.39, 0.29) is 23.8 Å². The molecule has 0 spiro atoms. The highest BCUT2D eigenvalue weighted by molar-refractivity contribution is 8.00. The molecule has 7 nitrogen and oxygen atoms in total. The number of hydrogen-bond donors (Lipinski definition) is 2. The fraction of sp³-hybridized carbons (Fsp3) is 0.591. The lowest BCUT2D eigenvalue weighted by Crippen LogP contribution is -2.55. The lowest BCUT2D eigenvalue weighted by molar-refractivity contribution is -0.151. The van der Waals surface area contributed by atoms with Crippen molar-refractivity contribution in [3.8, 4) is 0 Å². The van der Waals surface area contributed by atoms with E-state index in [2.05, 4.69) is 5.32 Å². The number of rotatable bonds is 9. The Bertz CT molecular complexity index is 759. The Morgan fingerprint density at radius 1 is 1.30 bits per heavy atom. The van der Waals surface area contributed by atoms with Crippen LogP contribution in [0.3, 0.4) is 0 Å². The molecule has 5 atom stereocenters. The maximum absolute atomic E-state index is 13.2. The molecule has 1 amide bonds. The van der Waals surface area contributed by atoms with Gasteiger partial charge in [0.1, 0.15) is 12.1 Å². The molecule has 1 aromatic carbocycles. The first kappa shape index (κ1) is 22.6. The third kappa shape index (κ3) is 5.16. The van der Waals surface area contributed by atoms with Crippen molar-refractivity contribution in [3.63, 3.8) is 0 Å². The number of ether oxygens (including phenoxy) is 1. The maximum atomic E-state index is 13.2. The molecule has 0 saturated carbocycles. The van der Waals surface area contributed by atoms with E-state index in [1.807, 2.05) is 30.3 Å². The molecule has 3 rings (SSSR count). The highest BCUT2D eigenvalue weighted by atomic mass is 32.2. The van der Waals surface area contributed by atoms with Gasteiger partial charge >= 0.3 is 11.9 Å². The third-order valence-electron chi connectivity index (χ3n) is 5.82. The van der Waals surface area contributed by atoms with Gasteiger partial charge in [0.15, 0.2) is 0 Å². The van der Waals surface area contributed by atoms with Crippen LogP contribution in [0.5, 0.6) is 0 Å². The van der Waals surface area contributed by atoms with Crippen LogP contribution in [0.4, 0.5) is 0 Å². The van der Waals surface area contributed by atoms with E-state index >= 15 is 0 Å². The predicted octanol–water partition coefficient (Wildman–Crippen LogP) is 2.09. The monoisotopic (exact) mass is 434 g/mol. The Balaban J connectivity index is 1.68. The van der Waals surface area contributed by atoms with Crippen molar-refractivity contribution in [2.24, 2.45) is 0 Å². The summed E-state index contributed by atoms with van der Waals surface area (Å²) in [5, 5.41) is 12.9. The van der Waals surface area contributed by atoms with Crippen LogP contribution in [0, 0.1) is 0 Å². The van der Waals surface area contributed by atoms with Crippen LogP contribution in [0.15, 0.2) is 30.3 Å². The summed E-state index contributed by atoms with van der Waals surface area (Å²) in [7, 11) is 0. The molecule has 30 heavy (non-hydrogen) atoms. The van der Waals surface area contributed by atoms with Gasteiger partial charge in [0.05, 0.1) is 12.6 Å². The van der Waals surface area contributed by atoms with Gasteiger partial charge in [-0.15, -0.1) is 0 Å². The molecular formula is C22H30N2O5S. The molecule has 164 valence electrons.